The maximum Gasteiger partial charge on any atom is 0.142 e. The summed E-state index contributed by atoms with van der Waals surface area (Å²) in [4.78, 5) is 0. The largest absolute Gasteiger partial charge is 0.497 e. The molecule has 0 bridgehead atoms. The molecule has 2 rings (SSSR count). The molecule has 106 valence electrons. The van der Waals surface area contributed by atoms with Gasteiger partial charge in [0.05, 0.1) is 11.6 Å². The van der Waals surface area contributed by atoms with E-state index < -0.39 is 0 Å². The number of halogens is 2. The van der Waals surface area contributed by atoms with E-state index in [9.17, 15) is 4.39 Å². The van der Waals surface area contributed by atoms with Gasteiger partial charge in [-0.2, -0.15) is 0 Å². The molecule has 20 heavy (non-hydrogen) atoms. The third-order valence-corrected chi connectivity index (χ3v) is 3.89. The van der Waals surface area contributed by atoms with E-state index in [-0.39, 0.29) is 11.9 Å². The number of ether oxygens (including phenoxy) is 1. The first-order valence-electron chi connectivity index (χ1n) is 6.39. The van der Waals surface area contributed by atoms with Crippen LogP contribution >= 0.6 is 15.9 Å². The highest BCUT2D eigenvalue weighted by molar-refractivity contribution is 9.10. The SMILES string of the molecule is CNC(Cc1cccc(OC)c1)c1cccc(Br)c1F. The lowest BCUT2D eigenvalue weighted by Gasteiger charge is -2.18. The van der Waals surface area contributed by atoms with Gasteiger partial charge >= 0.3 is 0 Å². The van der Waals surface area contributed by atoms with Gasteiger partial charge in [0.2, 0.25) is 0 Å². The fraction of sp³-hybridized carbons (Fsp3) is 0.250. The highest BCUT2D eigenvalue weighted by atomic mass is 79.9. The number of nitrogens with one attached hydrogen (secondary N) is 1. The lowest BCUT2D eigenvalue weighted by Crippen LogP contribution is -2.20. The summed E-state index contributed by atoms with van der Waals surface area (Å²) in [6.45, 7) is 0. The molecule has 2 aromatic rings. The van der Waals surface area contributed by atoms with Gasteiger partial charge < -0.3 is 10.1 Å². The van der Waals surface area contributed by atoms with Crippen LogP contribution in [0.1, 0.15) is 17.2 Å². The first-order valence-corrected chi connectivity index (χ1v) is 7.19. The molecule has 0 aliphatic heterocycles. The van der Waals surface area contributed by atoms with Gasteiger partial charge in [-0.05, 0) is 53.2 Å². The number of likely N-dealkylation sites (N-methyl/N-ethyl adjacent to an activating group) is 1. The Morgan fingerprint density at radius 1 is 1.25 bits per heavy atom. The van der Waals surface area contributed by atoms with Crippen LogP contribution in [0.15, 0.2) is 46.9 Å². The molecule has 4 heteroatoms. The topological polar surface area (TPSA) is 21.3 Å². The molecule has 2 aromatic carbocycles. The summed E-state index contributed by atoms with van der Waals surface area (Å²) in [5, 5.41) is 3.17. The molecular weight excluding hydrogens is 321 g/mol. The maximum atomic E-state index is 14.2. The lowest BCUT2D eigenvalue weighted by molar-refractivity contribution is 0.414. The second-order valence-corrected chi connectivity index (χ2v) is 5.39. The first-order chi connectivity index (χ1) is 9.65. The highest BCUT2D eigenvalue weighted by Gasteiger charge is 2.16. The van der Waals surface area contributed by atoms with E-state index in [2.05, 4.69) is 21.2 Å². The van der Waals surface area contributed by atoms with E-state index >= 15 is 0 Å². The van der Waals surface area contributed by atoms with Gasteiger partial charge in [0, 0.05) is 11.6 Å². The molecule has 0 heterocycles. The van der Waals surface area contributed by atoms with Crippen LogP contribution in [-0.2, 0) is 6.42 Å². The van der Waals surface area contributed by atoms with Crippen LogP contribution in [0.3, 0.4) is 0 Å². The highest BCUT2D eigenvalue weighted by Crippen LogP contribution is 2.26. The minimum atomic E-state index is -0.213. The molecule has 0 fully saturated rings. The van der Waals surface area contributed by atoms with Crippen LogP contribution in [-0.4, -0.2) is 14.2 Å². The van der Waals surface area contributed by atoms with Crippen molar-refractivity contribution in [1.29, 1.82) is 0 Å². The molecule has 1 atom stereocenters. The van der Waals surface area contributed by atoms with Crippen LogP contribution in [0.4, 0.5) is 4.39 Å². The second kappa shape index (κ2) is 6.86. The van der Waals surface area contributed by atoms with Crippen LogP contribution in [0.5, 0.6) is 5.75 Å². The molecule has 0 saturated heterocycles. The van der Waals surface area contributed by atoms with Gasteiger partial charge in [-0.1, -0.05) is 24.3 Å². The van der Waals surface area contributed by atoms with E-state index in [4.69, 9.17) is 4.74 Å². The quantitative estimate of drug-likeness (QED) is 0.886. The zero-order chi connectivity index (χ0) is 14.5. The summed E-state index contributed by atoms with van der Waals surface area (Å²) in [6, 6.07) is 13.1. The zero-order valence-electron chi connectivity index (χ0n) is 11.5. The van der Waals surface area contributed by atoms with E-state index in [1.165, 1.54) is 0 Å². The summed E-state index contributed by atoms with van der Waals surface area (Å²) >= 11 is 3.23. The number of methoxy groups -OCH3 is 1. The molecule has 0 aliphatic rings. The van der Waals surface area contributed by atoms with Gasteiger partial charge in [-0.25, -0.2) is 4.39 Å². The Morgan fingerprint density at radius 3 is 2.70 bits per heavy atom. The van der Waals surface area contributed by atoms with Crippen LogP contribution in [0.2, 0.25) is 0 Å². The third-order valence-electron chi connectivity index (χ3n) is 3.28. The Kier molecular flexibility index (Phi) is 5.15. The van der Waals surface area contributed by atoms with Gasteiger partial charge in [-0.3, -0.25) is 0 Å². The molecule has 1 unspecified atom stereocenters. The second-order valence-electron chi connectivity index (χ2n) is 4.54. The van der Waals surface area contributed by atoms with Crippen LogP contribution < -0.4 is 10.1 Å². The Hall–Kier alpha value is -1.39. The van der Waals surface area contributed by atoms with Gasteiger partial charge in [0.1, 0.15) is 11.6 Å². The van der Waals surface area contributed by atoms with E-state index in [1.807, 2.05) is 37.4 Å². The summed E-state index contributed by atoms with van der Waals surface area (Å²) < 4.78 is 19.9. The normalized spacial score (nSPS) is 12.2. The van der Waals surface area contributed by atoms with Crippen molar-refractivity contribution in [2.75, 3.05) is 14.2 Å². The smallest absolute Gasteiger partial charge is 0.142 e. The molecule has 1 N–H and O–H groups in total. The minimum absolute atomic E-state index is 0.0837. The molecular formula is C16H17BrFNO. The number of hydrogen-bond donors (Lipinski definition) is 1. The van der Waals surface area contributed by atoms with Crippen molar-refractivity contribution in [1.82, 2.24) is 5.32 Å². The Labute approximate surface area is 127 Å². The Balaban J connectivity index is 2.26. The fourth-order valence-corrected chi connectivity index (χ4v) is 2.57. The molecule has 0 aliphatic carbocycles. The van der Waals surface area contributed by atoms with E-state index in [1.54, 1.807) is 19.2 Å². The van der Waals surface area contributed by atoms with Crippen LogP contribution in [0, 0.1) is 5.82 Å². The average Bonchev–Trinajstić information content (AvgIpc) is 2.48. The van der Waals surface area contributed by atoms with Crippen molar-refractivity contribution in [2.45, 2.75) is 12.5 Å². The Morgan fingerprint density at radius 2 is 2.00 bits per heavy atom. The van der Waals surface area contributed by atoms with Gasteiger partial charge in [-0.15, -0.1) is 0 Å². The predicted molar refractivity (Wildman–Crippen MR) is 82.6 cm³/mol. The van der Waals surface area contributed by atoms with Crippen LogP contribution in [0.25, 0.3) is 0 Å². The predicted octanol–water partition coefficient (Wildman–Crippen LogP) is 4.10. The lowest BCUT2D eigenvalue weighted by atomic mass is 9.98. The summed E-state index contributed by atoms with van der Waals surface area (Å²) in [5.74, 6) is 0.599. The third kappa shape index (κ3) is 3.38. The van der Waals surface area contributed by atoms with Crippen molar-refractivity contribution in [3.05, 3.63) is 63.9 Å². The standard InChI is InChI=1S/C16H17BrFNO/c1-19-15(13-7-4-8-14(17)16(13)18)10-11-5-3-6-12(9-11)20-2/h3-9,15,19H,10H2,1-2H3. The average molecular weight is 338 g/mol. The fourth-order valence-electron chi connectivity index (χ4n) is 2.19. The van der Waals surface area contributed by atoms with Crippen molar-refractivity contribution < 1.29 is 9.13 Å². The summed E-state index contributed by atoms with van der Waals surface area (Å²) in [5.41, 5.74) is 1.76. The number of rotatable bonds is 5. The van der Waals surface area contributed by atoms with Crippen molar-refractivity contribution >= 4 is 15.9 Å². The molecule has 0 radical (unpaired) electrons. The van der Waals surface area contributed by atoms with Crippen molar-refractivity contribution in [2.24, 2.45) is 0 Å². The van der Waals surface area contributed by atoms with Crippen molar-refractivity contribution in [3.63, 3.8) is 0 Å². The molecule has 0 saturated carbocycles. The van der Waals surface area contributed by atoms with E-state index in [0.29, 0.717) is 16.5 Å². The van der Waals surface area contributed by atoms with Crippen molar-refractivity contribution in [3.8, 4) is 5.75 Å². The first kappa shape index (κ1) is 15.0. The number of hydrogen-bond acceptors (Lipinski definition) is 2. The van der Waals surface area contributed by atoms with E-state index in [0.717, 1.165) is 11.3 Å². The van der Waals surface area contributed by atoms with Gasteiger partial charge in [0.15, 0.2) is 0 Å². The monoisotopic (exact) mass is 337 g/mol. The maximum absolute atomic E-state index is 14.2. The Bertz CT molecular complexity index is 588. The molecule has 2 nitrogen and oxygen atoms in total. The zero-order valence-corrected chi connectivity index (χ0v) is 13.1. The molecule has 0 spiro atoms. The van der Waals surface area contributed by atoms with Gasteiger partial charge in [0.25, 0.3) is 0 Å². The molecule has 0 aromatic heterocycles. The number of benzene rings is 2. The molecule has 0 amide bonds. The summed E-state index contributed by atoms with van der Waals surface area (Å²) in [6.07, 6.45) is 0.696. The summed E-state index contributed by atoms with van der Waals surface area (Å²) in [7, 11) is 3.48. The minimum Gasteiger partial charge on any atom is -0.497 e.